The third kappa shape index (κ3) is 3.30. The molecule has 0 saturated carbocycles. The van der Waals surface area contributed by atoms with Crippen LogP contribution in [-0.2, 0) is 10.0 Å². The van der Waals surface area contributed by atoms with Crippen LogP contribution in [0.2, 0.25) is 10.0 Å². The van der Waals surface area contributed by atoms with Crippen LogP contribution in [0.3, 0.4) is 0 Å². The van der Waals surface area contributed by atoms with Crippen molar-refractivity contribution >= 4 is 38.9 Å². The van der Waals surface area contributed by atoms with E-state index in [9.17, 15) is 8.42 Å². The van der Waals surface area contributed by atoms with E-state index in [4.69, 9.17) is 28.5 Å². The van der Waals surface area contributed by atoms with Gasteiger partial charge in [0.05, 0.1) is 21.2 Å². The zero-order valence-corrected chi connectivity index (χ0v) is 13.2. The monoisotopic (exact) mass is 340 g/mol. The molecular formula is C14H10Cl2N2O2S. The first kappa shape index (κ1) is 15.6. The average Bonchev–Trinajstić information content (AvgIpc) is 2.43. The standard InChI is InChI=1S/C14H10Cl2N2O2S/c1-9-12(15)3-2-4-14(9)18-21(19,20)11-6-5-10(8-17)13(16)7-11/h2-7,18H,1H3. The van der Waals surface area contributed by atoms with Crippen LogP contribution in [-0.4, -0.2) is 8.42 Å². The van der Waals surface area contributed by atoms with Gasteiger partial charge in [0.25, 0.3) is 10.0 Å². The summed E-state index contributed by atoms with van der Waals surface area (Å²) >= 11 is 11.8. The highest BCUT2D eigenvalue weighted by molar-refractivity contribution is 7.92. The Morgan fingerprint density at radius 3 is 2.48 bits per heavy atom. The normalized spacial score (nSPS) is 11.0. The summed E-state index contributed by atoms with van der Waals surface area (Å²) in [6.07, 6.45) is 0. The lowest BCUT2D eigenvalue weighted by Gasteiger charge is -2.11. The van der Waals surface area contributed by atoms with Crippen LogP contribution in [0.4, 0.5) is 5.69 Å². The zero-order chi connectivity index (χ0) is 15.6. The topological polar surface area (TPSA) is 70.0 Å². The minimum atomic E-state index is -3.80. The Labute approximate surface area is 133 Å². The van der Waals surface area contributed by atoms with Crippen LogP contribution in [0.15, 0.2) is 41.3 Å². The number of benzene rings is 2. The van der Waals surface area contributed by atoms with E-state index in [1.54, 1.807) is 25.1 Å². The molecule has 0 bridgehead atoms. The summed E-state index contributed by atoms with van der Waals surface area (Å²) in [4.78, 5) is -0.0223. The van der Waals surface area contributed by atoms with Crippen LogP contribution >= 0.6 is 23.2 Å². The summed E-state index contributed by atoms with van der Waals surface area (Å²) < 4.78 is 27.1. The molecular weight excluding hydrogens is 331 g/mol. The summed E-state index contributed by atoms with van der Waals surface area (Å²) in [5.41, 5.74) is 1.24. The summed E-state index contributed by atoms with van der Waals surface area (Å²) in [7, 11) is -3.80. The molecule has 0 fully saturated rings. The first-order valence-corrected chi connectivity index (χ1v) is 8.06. The highest BCUT2D eigenvalue weighted by Gasteiger charge is 2.17. The van der Waals surface area contributed by atoms with Gasteiger partial charge in [0.1, 0.15) is 6.07 Å². The lowest BCUT2D eigenvalue weighted by molar-refractivity contribution is 0.601. The van der Waals surface area contributed by atoms with Crippen molar-refractivity contribution in [2.75, 3.05) is 4.72 Å². The van der Waals surface area contributed by atoms with Crippen LogP contribution in [0.25, 0.3) is 0 Å². The molecule has 2 rings (SSSR count). The van der Waals surface area contributed by atoms with Crippen molar-refractivity contribution in [1.29, 1.82) is 5.26 Å². The number of nitrogens with zero attached hydrogens (tertiary/aromatic N) is 1. The van der Waals surface area contributed by atoms with Crippen LogP contribution < -0.4 is 4.72 Å². The fourth-order valence-corrected chi connectivity index (χ4v) is 3.29. The molecule has 0 radical (unpaired) electrons. The number of nitriles is 1. The molecule has 0 saturated heterocycles. The van der Waals surface area contributed by atoms with Gasteiger partial charge in [-0.25, -0.2) is 8.42 Å². The molecule has 0 aromatic heterocycles. The van der Waals surface area contributed by atoms with Crippen LogP contribution in [0.5, 0.6) is 0 Å². The average molecular weight is 341 g/mol. The molecule has 108 valence electrons. The maximum absolute atomic E-state index is 12.3. The Balaban J connectivity index is 2.41. The zero-order valence-electron chi connectivity index (χ0n) is 10.9. The number of hydrogen-bond acceptors (Lipinski definition) is 3. The molecule has 0 amide bonds. The number of rotatable bonds is 3. The minimum absolute atomic E-state index is 0.0223. The van der Waals surface area contributed by atoms with Gasteiger partial charge in [-0.1, -0.05) is 29.3 Å². The summed E-state index contributed by atoms with van der Waals surface area (Å²) in [5.74, 6) is 0. The SMILES string of the molecule is Cc1c(Cl)cccc1NS(=O)(=O)c1ccc(C#N)c(Cl)c1. The van der Waals surface area contributed by atoms with Crippen molar-refractivity contribution in [3.8, 4) is 6.07 Å². The third-order valence-electron chi connectivity index (χ3n) is 2.88. The van der Waals surface area contributed by atoms with E-state index in [1.165, 1.54) is 18.2 Å². The molecule has 7 heteroatoms. The predicted molar refractivity (Wildman–Crippen MR) is 83.2 cm³/mol. The molecule has 0 atom stereocenters. The lowest BCUT2D eigenvalue weighted by Crippen LogP contribution is -2.14. The van der Waals surface area contributed by atoms with Crippen LogP contribution in [0, 0.1) is 18.3 Å². The predicted octanol–water partition coefficient (Wildman–Crippen LogP) is 3.97. The third-order valence-corrected chi connectivity index (χ3v) is 4.97. The first-order valence-electron chi connectivity index (χ1n) is 5.83. The molecule has 4 nitrogen and oxygen atoms in total. The van der Waals surface area contributed by atoms with Crippen molar-refractivity contribution < 1.29 is 8.42 Å². The van der Waals surface area contributed by atoms with E-state index in [-0.39, 0.29) is 15.5 Å². The molecule has 0 aliphatic carbocycles. The second-order valence-corrected chi connectivity index (χ2v) is 6.77. The van der Waals surface area contributed by atoms with Crippen molar-refractivity contribution in [1.82, 2.24) is 0 Å². The van der Waals surface area contributed by atoms with E-state index in [0.29, 0.717) is 16.3 Å². The number of hydrogen-bond donors (Lipinski definition) is 1. The van der Waals surface area contributed by atoms with E-state index in [0.717, 1.165) is 0 Å². The summed E-state index contributed by atoms with van der Waals surface area (Å²) in [5, 5.41) is 9.35. The van der Waals surface area contributed by atoms with Gasteiger partial charge in [-0.15, -0.1) is 0 Å². The van der Waals surface area contributed by atoms with Gasteiger partial charge in [0, 0.05) is 5.02 Å². The Hall–Kier alpha value is -1.74. The van der Waals surface area contributed by atoms with Gasteiger partial charge in [0.2, 0.25) is 0 Å². The maximum atomic E-state index is 12.3. The molecule has 0 aliphatic heterocycles. The molecule has 0 heterocycles. The smallest absolute Gasteiger partial charge is 0.261 e. The summed E-state index contributed by atoms with van der Waals surface area (Å²) in [6.45, 7) is 1.71. The first-order chi connectivity index (χ1) is 9.85. The molecule has 2 aromatic carbocycles. The van der Waals surface area contributed by atoms with Gasteiger partial charge >= 0.3 is 0 Å². The fourth-order valence-electron chi connectivity index (χ4n) is 1.68. The van der Waals surface area contributed by atoms with Gasteiger partial charge in [-0.2, -0.15) is 5.26 Å². The lowest BCUT2D eigenvalue weighted by atomic mass is 10.2. The van der Waals surface area contributed by atoms with E-state index < -0.39 is 10.0 Å². The van der Waals surface area contributed by atoms with Crippen molar-refractivity contribution in [3.63, 3.8) is 0 Å². The molecule has 0 unspecified atom stereocenters. The largest absolute Gasteiger partial charge is 0.279 e. The Morgan fingerprint density at radius 1 is 1.14 bits per heavy atom. The molecule has 0 spiro atoms. The fraction of sp³-hybridized carbons (Fsp3) is 0.0714. The summed E-state index contributed by atoms with van der Waals surface area (Å²) in [6, 6.07) is 10.7. The highest BCUT2D eigenvalue weighted by atomic mass is 35.5. The quantitative estimate of drug-likeness (QED) is 0.918. The maximum Gasteiger partial charge on any atom is 0.261 e. The Bertz CT molecular complexity index is 843. The molecule has 0 aliphatic rings. The van der Waals surface area contributed by atoms with Gasteiger partial charge < -0.3 is 0 Å². The number of anilines is 1. The van der Waals surface area contributed by atoms with Crippen molar-refractivity contribution in [3.05, 3.63) is 57.6 Å². The second-order valence-electron chi connectivity index (χ2n) is 4.27. The second kappa shape index (κ2) is 5.94. The van der Waals surface area contributed by atoms with Gasteiger partial charge in [0.15, 0.2) is 0 Å². The van der Waals surface area contributed by atoms with Crippen molar-refractivity contribution in [2.45, 2.75) is 11.8 Å². The van der Waals surface area contributed by atoms with E-state index >= 15 is 0 Å². The minimum Gasteiger partial charge on any atom is -0.279 e. The number of sulfonamides is 1. The molecule has 2 aromatic rings. The molecule has 21 heavy (non-hydrogen) atoms. The van der Waals surface area contributed by atoms with Crippen LogP contribution in [0.1, 0.15) is 11.1 Å². The molecule has 1 N–H and O–H groups in total. The Kier molecular flexibility index (Phi) is 4.43. The van der Waals surface area contributed by atoms with E-state index in [1.807, 2.05) is 6.07 Å². The van der Waals surface area contributed by atoms with Crippen molar-refractivity contribution in [2.24, 2.45) is 0 Å². The van der Waals surface area contributed by atoms with E-state index in [2.05, 4.69) is 4.72 Å². The highest BCUT2D eigenvalue weighted by Crippen LogP contribution is 2.26. The Morgan fingerprint density at radius 2 is 1.86 bits per heavy atom. The number of halogens is 2. The number of nitrogens with one attached hydrogen (secondary N) is 1. The van der Waals surface area contributed by atoms with Gasteiger partial charge in [-0.3, -0.25) is 4.72 Å². The van der Waals surface area contributed by atoms with Gasteiger partial charge in [-0.05, 0) is 42.8 Å².